The van der Waals surface area contributed by atoms with Gasteiger partial charge in [0.2, 0.25) is 15.9 Å². The Morgan fingerprint density at radius 3 is 2.70 bits per heavy atom. The largest absolute Gasteiger partial charge is 0.336 e. The second kappa shape index (κ2) is 8.51. The van der Waals surface area contributed by atoms with E-state index in [9.17, 15) is 23.3 Å². The molecule has 11 heteroatoms. The average Bonchev–Trinajstić information content (AvgIpc) is 2.62. The van der Waals surface area contributed by atoms with Crippen LogP contribution in [0.2, 0.25) is 0 Å². The SMILES string of the molecule is Cc1ccc(S(=O)(=O)N2CCCC(N3CCNCC3=O)C2)cc1[N+](=O)[O-].Cl. The van der Waals surface area contributed by atoms with Gasteiger partial charge in [0.15, 0.2) is 0 Å². The van der Waals surface area contributed by atoms with Crippen LogP contribution < -0.4 is 5.32 Å². The number of hydrogen-bond acceptors (Lipinski definition) is 6. The van der Waals surface area contributed by atoms with Crippen LogP contribution in [0, 0.1) is 17.0 Å². The zero-order valence-electron chi connectivity index (χ0n) is 15.0. The molecular weight excluding hydrogens is 396 g/mol. The molecule has 2 aliphatic heterocycles. The van der Waals surface area contributed by atoms with Crippen LogP contribution in [0.25, 0.3) is 0 Å². The third-order valence-electron chi connectivity index (χ3n) is 4.94. The minimum Gasteiger partial charge on any atom is -0.336 e. The van der Waals surface area contributed by atoms with Gasteiger partial charge in [-0.1, -0.05) is 6.07 Å². The molecule has 0 bridgehead atoms. The molecule has 2 fully saturated rings. The predicted molar refractivity (Wildman–Crippen MR) is 101 cm³/mol. The molecule has 3 rings (SSSR count). The first kappa shape index (κ1) is 21.5. The van der Waals surface area contributed by atoms with Crippen LogP contribution in [0.4, 0.5) is 5.69 Å². The molecule has 1 atom stereocenters. The van der Waals surface area contributed by atoms with Gasteiger partial charge in [0.1, 0.15) is 0 Å². The quantitative estimate of drug-likeness (QED) is 0.574. The molecule has 2 saturated heterocycles. The second-order valence-corrected chi connectivity index (χ2v) is 8.57. The van der Waals surface area contributed by atoms with E-state index in [4.69, 9.17) is 0 Å². The molecule has 1 aromatic rings. The number of nitro benzene ring substituents is 1. The molecule has 0 radical (unpaired) electrons. The van der Waals surface area contributed by atoms with Gasteiger partial charge in [-0.05, 0) is 25.8 Å². The number of piperazine rings is 1. The van der Waals surface area contributed by atoms with E-state index in [-0.39, 0.29) is 48.0 Å². The number of benzene rings is 1. The maximum atomic E-state index is 13.0. The Labute approximate surface area is 164 Å². The number of hydrogen-bond donors (Lipinski definition) is 1. The van der Waals surface area contributed by atoms with E-state index in [1.54, 1.807) is 11.8 Å². The van der Waals surface area contributed by atoms with E-state index in [1.165, 1.54) is 16.4 Å². The van der Waals surface area contributed by atoms with Crippen LogP contribution in [0.15, 0.2) is 23.1 Å². The smallest absolute Gasteiger partial charge is 0.273 e. The van der Waals surface area contributed by atoms with E-state index >= 15 is 0 Å². The monoisotopic (exact) mass is 418 g/mol. The molecule has 1 unspecified atom stereocenters. The summed E-state index contributed by atoms with van der Waals surface area (Å²) in [4.78, 5) is 24.3. The highest BCUT2D eigenvalue weighted by Gasteiger charge is 2.35. The van der Waals surface area contributed by atoms with Gasteiger partial charge in [-0.2, -0.15) is 4.31 Å². The summed E-state index contributed by atoms with van der Waals surface area (Å²) >= 11 is 0. The number of carbonyl (C=O) groups excluding carboxylic acids is 1. The summed E-state index contributed by atoms with van der Waals surface area (Å²) < 4.78 is 27.3. The summed E-state index contributed by atoms with van der Waals surface area (Å²) in [5, 5.41) is 14.1. The molecule has 0 spiro atoms. The highest BCUT2D eigenvalue weighted by atomic mass is 35.5. The number of nitro groups is 1. The summed E-state index contributed by atoms with van der Waals surface area (Å²) in [7, 11) is -3.85. The lowest BCUT2D eigenvalue weighted by Crippen LogP contribution is -2.57. The highest BCUT2D eigenvalue weighted by Crippen LogP contribution is 2.27. The van der Waals surface area contributed by atoms with Crippen LogP contribution >= 0.6 is 12.4 Å². The van der Waals surface area contributed by atoms with Crippen molar-refractivity contribution in [2.45, 2.75) is 30.7 Å². The van der Waals surface area contributed by atoms with Crippen molar-refractivity contribution in [1.29, 1.82) is 0 Å². The summed E-state index contributed by atoms with van der Waals surface area (Å²) in [6, 6.07) is 3.81. The molecule has 150 valence electrons. The van der Waals surface area contributed by atoms with Gasteiger partial charge in [-0.25, -0.2) is 8.42 Å². The molecule has 1 N–H and O–H groups in total. The predicted octanol–water partition coefficient (Wildman–Crippen LogP) is 0.910. The minimum atomic E-state index is -3.85. The number of rotatable bonds is 4. The van der Waals surface area contributed by atoms with Gasteiger partial charge in [-0.15, -0.1) is 12.4 Å². The van der Waals surface area contributed by atoms with Crippen LogP contribution in [0.3, 0.4) is 0 Å². The van der Waals surface area contributed by atoms with Crippen molar-refractivity contribution >= 4 is 34.0 Å². The van der Waals surface area contributed by atoms with E-state index in [0.717, 1.165) is 12.5 Å². The minimum absolute atomic E-state index is 0. The van der Waals surface area contributed by atoms with Crippen molar-refractivity contribution in [3.05, 3.63) is 33.9 Å². The fourth-order valence-electron chi connectivity index (χ4n) is 3.50. The number of halogens is 1. The zero-order chi connectivity index (χ0) is 18.9. The maximum Gasteiger partial charge on any atom is 0.273 e. The van der Waals surface area contributed by atoms with Gasteiger partial charge < -0.3 is 10.2 Å². The highest BCUT2D eigenvalue weighted by molar-refractivity contribution is 7.89. The van der Waals surface area contributed by atoms with Crippen molar-refractivity contribution in [1.82, 2.24) is 14.5 Å². The lowest BCUT2D eigenvalue weighted by atomic mass is 10.1. The van der Waals surface area contributed by atoms with Crippen molar-refractivity contribution in [2.24, 2.45) is 0 Å². The standard InChI is InChI=1S/C16H22N4O5S.ClH/c1-12-4-5-14(9-15(12)20(22)23)26(24,25)18-7-2-3-13(11-18)19-8-6-17-10-16(19)21;/h4-5,9,13,17H,2-3,6-8,10-11H2,1H3;1H. The van der Waals surface area contributed by atoms with Crippen molar-refractivity contribution in [2.75, 3.05) is 32.7 Å². The first-order chi connectivity index (χ1) is 12.3. The Morgan fingerprint density at radius 2 is 2.04 bits per heavy atom. The molecule has 0 aromatic heterocycles. The molecule has 2 heterocycles. The molecule has 1 amide bonds. The molecule has 9 nitrogen and oxygen atoms in total. The van der Waals surface area contributed by atoms with E-state index in [2.05, 4.69) is 5.32 Å². The summed E-state index contributed by atoms with van der Waals surface area (Å²) in [5.74, 6) is -0.0218. The Bertz CT molecular complexity index is 832. The third-order valence-corrected chi connectivity index (χ3v) is 6.80. The van der Waals surface area contributed by atoms with Crippen LogP contribution in [-0.2, 0) is 14.8 Å². The molecule has 2 aliphatic rings. The van der Waals surface area contributed by atoms with Gasteiger partial charge in [0.05, 0.1) is 16.4 Å². The number of aryl methyl sites for hydroxylation is 1. The third kappa shape index (κ3) is 4.40. The van der Waals surface area contributed by atoms with Crippen molar-refractivity contribution in [3.8, 4) is 0 Å². The van der Waals surface area contributed by atoms with E-state index in [0.29, 0.717) is 31.6 Å². The first-order valence-corrected chi connectivity index (χ1v) is 10.00. The Hall–Kier alpha value is -1.75. The average molecular weight is 419 g/mol. The van der Waals surface area contributed by atoms with Crippen LogP contribution in [0.1, 0.15) is 18.4 Å². The van der Waals surface area contributed by atoms with Gasteiger partial charge >= 0.3 is 0 Å². The van der Waals surface area contributed by atoms with E-state index < -0.39 is 14.9 Å². The number of nitrogens with zero attached hydrogens (tertiary/aromatic N) is 3. The van der Waals surface area contributed by atoms with E-state index in [1.807, 2.05) is 0 Å². The summed E-state index contributed by atoms with van der Waals surface area (Å²) in [5.41, 5.74) is 0.203. The molecule has 27 heavy (non-hydrogen) atoms. The Balaban J connectivity index is 0.00000261. The van der Waals surface area contributed by atoms with Crippen molar-refractivity contribution in [3.63, 3.8) is 0 Å². The molecular formula is C16H23ClN4O5S. The molecule has 0 saturated carbocycles. The Kier molecular flexibility index (Phi) is 6.79. The summed E-state index contributed by atoms with van der Waals surface area (Å²) in [6.07, 6.45) is 1.40. The van der Waals surface area contributed by atoms with Crippen LogP contribution in [-0.4, -0.2) is 67.2 Å². The van der Waals surface area contributed by atoms with Crippen LogP contribution in [0.5, 0.6) is 0 Å². The maximum absolute atomic E-state index is 13.0. The van der Waals surface area contributed by atoms with Gasteiger partial charge in [-0.3, -0.25) is 14.9 Å². The fourth-order valence-corrected chi connectivity index (χ4v) is 5.03. The number of carbonyl (C=O) groups is 1. The topological polar surface area (TPSA) is 113 Å². The zero-order valence-corrected chi connectivity index (χ0v) is 16.6. The van der Waals surface area contributed by atoms with Gasteiger partial charge in [0, 0.05) is 43.9 Å². The Morgan fingerprint density at radius 1 is 1.30 bits per heavy atom. The normalized spacial score (nSPS) is 21.6. The number of piperidine rings is 1. The molecule has 0 aliphatic carbocycles. The van der Waals surface area contributed by atoms with Gasteiger partial charge in [0.25, 0.3) is 5.69 Å². The molecule has 1 aromatic carbocycles. The number of sulfonamides is 1. The second-order valence-electron chi connectivity index (χ2n) is 6.63. The first-order valence-electron chi connectivity index (χ1n) is 8.56. The fraction of sp³-hybridized carbons (Fsp3) is 0.562. The van der Waals surface area contributed by atoms with Crippen molar-refractivity contribution < 1.29 is 18.1 Å². The number of amides is 1. The summed E-state index contributed by atoms with van der Waals surface area (Å²) in [6.45, 7) is 3.66. The number of nitrogens with one attached hydrogen (secondary N) is 1. The lowest BCUT2D eigenvalue weighted by Gasteiger charge is -2.40. The lowest BCUT2D eigenvalue weighted by molar-refractivity contribution is -0.385.